The van der Waals surface area contributed by atoms with Gasteiger partial charge in [0.25, 0.3) is 0 Å². The summed E-state index contributed by atoms with van der Waals surface area (Å²) < 4.78 is -0.853. The Morgan fingerprint density at radius 2 is 2.17 bits per heavy atom. The van der Waals surface area contributed by atoms with Crippen LogP contribution in [0.2, 0.25) is 0 Å². The molecular formula is C14H18O3S. The Morgan fingerprint density at radius 3 is 2.67 bits per heavy atom. The molecule has 1 atom stereocenters. The minimum absolute atomic E-state index is 0.0440. The zero-order valence-electron chi connectivity index (χ0n) is 10.9. The predicted molar refractivity (Wildman–Crippen MR) is 74.5 cm³/mol. The highest BCUT2D eigenvalue weighted by Crippen LogP contribution is 2.44. The van der Waals surface area contributed by atoms with Crippen molar-refractivity contribution in [3.05, 3.63) is 35.6 Å². The summed E-state index contributed by atoms with van der Waals surface area (Å²) in [6.07, 6.45) is 4.34. The Hall–Kier alpha value is -1.29. The number of hydrogen-bond donors (Lipinski definition) is 1. The van der Waals surface area contributed by atoms with Gasteiger partial charge in [-0.1, -0.05) is 43.0 Å². The molecule has 0 spiro atoms. The van der Waals surface area contributed by atoms with E-state index in [1.807, 2.05) is 13.8 Å². The Balaban J connectivity index is 3.19. The van der Waals surface area contributed by atoms with Crippen LogP contribution in [0.5, 0.6) is 0 Å². The molecule has 0 fully saturated rings. The van der Waals surface area contributed by atoms with Crippen molar-refractivity contribution in [1.29, 1.82) is 0 Å². The van der Waals surface area contributed by atoms with E-state index in [1.165, 1.54) is 0 Å². The van der Waals surface area contributed by atoms with Crippen LogP contribution >= 0.6 is 11.8 Å². The van der Waals surface area contributed by atoms with Gasteiger partial charge in [0, 0.05) is 6.42 Å². The van der Waals surface area contributed by atoms with E-state index in [2.05, 4.69) is 6.58 Å². The Bertz CT molecular complexity index is 460. The van der Waals surface area contributed by atoms with Gasteiger partial charge in [-0.3, -0.25) is 9.59 Å². The van der Waals surface area contributed by atoms with Crippen LogP contribution in [-0.4, -0.2) is 20.8 Å². The van der Waals surface area contributed by atoms with Crippen molar-refractivity contribution in [3.8, 4) is 0 Å². The number of rotatable bonds is 5. The van der Waals surface area contributed by atoms with Crippen LogP contribution in [0.15, 0.2) is 35.6 Å². The lowest BCUT2D eigenvalue weighted by Gasteiger charge is -2.18. The van der Waals surface area contributed by atoms with Gasteiger partial charge < -0.3 is 5.11 Å². The normalized spacial score (nSPS) is 24.6. The van der Waals surface area contributed by atoms with Gasteiger partial charge in [0.2, 0.25) is 5.12 Å². The molecule has 3 nitrogen and oxygen atoms in total. The van der Waals surface area contributed by atoms with Crippen molar-refractivity contribution >= 4 is 22.7 Å². The SMILES string of the molecule is C=C/C(C)=C/[C@@]1(C)SC(=O)C(C(=O)CCC)=C1O. The molecule has 0 aliphatic carbocycles. The molecule has 0 bridgehead atoms. The maximum atomic E-state index is 11.9. The third-order valence-corrected chi connectivity index (χ3v) is 3.92. The van der Waals surface area contributed by atoms with Gasteiger partial charge in [-0.25, -0.2) is 0 Å². The van der Waals surface area contributed by atoms with Crippen LogP contribution in [0.25, 0.3) is 0 Å². The maximum absolute atomic E-state index is 11.9. The standard InChI is InChI=1S/C14H18O3S/c1-5-7-10(15)11-12(16)14(4,18-13(11)17)8-9(3)6-2/h6,8,16H,2,5,7H2,1,3-4H3/b9-8+/t14-/m1/s1. The van der Waals surface area contributed by atoms with Gasteiger partial charge in [0.05, 0.1) is 4.75 Å². The highest BCUT2D eigenvalue weighted by molar-refractivity contribution is 8.16. The molecule has 18 heavy (non-hydrogen) atoms. The second-order valence-corrected chi connectivity index (χ2v) is 5.91. The first kappa shape index (κ1) is 14.8. The monoisotopic (exact) mass is 266 g/mol. The molecular weight excluding hydrogens is 248 g/mol. The molecule has 0 aromatic carbocycles. The van der Waals surface area contributed by atoms with E-state index in [0.29, 0.717) is 6.42 Å². The van der Waals surface area contributed by atoms with Crippen molar-refractivity contribution in [3.63, 3.8) is 0 Å². The lowest BCUT2D eigenvalue weighted by Crippen LogP contribution is -2.18. The highest BCUT2D eigenvalue weighted by Gasteiger charge is 2.44. The largest absolute Gasteiger partial charge is 0.510 e. The molecule has 1 heterocycles. The number of thioether (sulfide) groups is 1. The van der Waals surface area contributed by atoms with Gasteiger partial charge >= 0.3 is 0 Å². The summed E-state index contributed by atoms with van der Waals surface area (Å²) >= 11 is 0.974. The van der Waals surface area contributed by atoms with E-state index >= 15 is 0 Å². The van der Waals surface area contributed by atoms with Crippen LogP contribution in [0.1, 0.15) is 33.6 Å². The molecule has 0 unspecified atom stereocenters. The fourth-order valence-corrected chi connectivity index (χ4v) is 2.97. The fourth-order valence-electron chi connectivity index (χ4n) is 1.83. The Labute approximate surface area is 112 Å². The number of ketones is 1. The highest BCUT2D eigenvalue weighted by atomic mass is 32.2. The first-order valence-corrected chi connectivity index (χ1v) is 6.69. The van der Waals surface area contributed by atoms with Gasteiger partial charge in [0.15, 0.2) is 5.78 Å². The zero-order chi connectivity index (χ0) is 13.9. The summed E-state index contributed by atoms with van der Waals surface area (Å²) in [6.45, 7) is 9.06. The molecule has 0 aromatic heterocycles. The molecule has 1 aliphatic rings. The van der Waals surface area contributed by atoms with Crippen molar-refractivity contribution < 1.29 is 14.7 Å². The predicted octanol–water partition coefficient (Wildman–Crippen LogP) is 3.33. The molecule has 0 radical (unpaired) electrons. The fraction of sp³-hybridized carbons (Fsp3) is 0.429. The quantitative estimate of drug-likeness (QED) is 0.612. The van der Waals surface area contributed by atoms with E-state index in [4.69, 9.17) is 0 Å². The molecule has 0 amide bonds. The lowest BCUT2D eigenvalue weighted by molar-refractivity contribution is -0.118. The number of allylic oxidation sites excluding steroid dienone is 2. The third-order valence-electron chi connectivity index (χ3n) is 2.80. The smallest absolute Gasteiger partial charge is 0.227 e. The van der Waals surface area contributed by atoms with Gasteiger partial charge in [-0.05, 0) is 20.3 Å². The number of aliphatic hydroxyl groups is 1. The minimum Gasteiger partial charge on any atom is -0.510 e. The summed E-state index contributed by atoms with van der Waals surface area (Å²) in [4.78, 5) is 23.7. The van der Waals surface area contributed by atoms with Crippen LogP contribution in [0.4, 0.5) is 0 Å². The molecule has 0 aromatic rings. The van der Waals surface area contributed by atoms with E-state index in [9.17, 15) is 14.7 Å². The maximum Gasteiger partial charge on any atom is 0.227 e. The number of aliphatic hydroxyl groups excluding tert-OH is 1. The van der Waals surface area contributed by atoms with Crippen molar-refractivity contribution in [2.45, 2.75) is 38.4 Å². The second-order valence-electron chi connectivity index (χ2n) is 4.49. The van der Waals surface area contributed by atoms with Gasteiger partial charge in [-0.15, -0.1) is 0 Å². The van der Waals surface area contributed by atoms with Crippen molar-refractivity contribution in [2.75, 3.05) is 0 Å². The summed E-state index contributed by atoms with van der Waals surface area (Å²) in [7, 11) is 0. The average molecular weight is 266 g/mol. The second kappa shape index (κ2) is 5.57. The molecule has 1 rings (SSSR count). The summed E-state index contributed by atoms with van der Waals surface area (Å²) in [5, 5.41) is 9.81. The van der Waals surface area contributed by atoms with E-state index in [-0.39, 0.29) is 28.7 Å². The van der Waals surface area contributed by atoms with Crippen LogP contribution in [-0.2, 0) is 9.59 Å². The third kappa shape index (κ3) is 2.75. The number of Topliss-reactive ketones (excluding diaryl/α,β-unsaturated/α-hetero) is 1. The molecule has 1 N–H and O–H groups in total. The Kier molecular flexibility index (Phi) is 4.57. The number of hydrogen-bond acceptors (Lipinski definition) is 4. The van der Waals surface area contributed by atoms with Gasteiger partial charge in [0.1, 0.15) is 11.3 Å². The van der Waals surface area contributed by atoms with E-state index < -0.39 is 4.75 Å². The summed E-state index contributed by atoms with van der Waals surface area (Å²) in [5.74, 6) is -0.405. The Morgan fingerprint density at radius 1 is 1.56 bits per heavy atom. The van der Waals surface area contributed by atoms with Crippen LogP contribution < -0.4 is 0 Å². The van der Waals surface area contributed by atoms with Crippen molar-refractivity contribution in [1.82, 2.24) is 0 Å². The minimum atomic E-state index is -0.853. The first-order chi connectivity index (χ1) is 8.35. The molecule has 1 aliphatic heterocycles. The molecule has 98 valence electrons. The van der Waals surface area contributed by atoms with Crippen LogP contribution in [0, 0.1) is 0 Å². The zero-order valence-corrected chi connectivity index (χ0v) is 11.8. The van der Waals surface area contributed by atoms with E-state index in [0.717, 1.165) is 17.3 Å². The topological polar surface area (TPSA) is 54.4 Å². The number of carbonyl (C=O) groups excluding carboxylic acids is 2. The molecule has 0 saturated carbocycles. The summed E-state index contributed by atoms with van der Waals surface area (Å²) in [6, 6.07) is 0. The van der Waals surface area contributed by atoms with Crippen LogP contribution in [0.3, 0.4) is 0 Å². The van der Waals surface area contributed by atoms with E-state index in [1.54, 1.807) is 19.1 Å². The average Bonchev–Trinajstić information content (AvgIpc) is 2.49. The number of carbonyl (C=O) groups is 2. The summed E-state index contributed by atoms with van der Waals surface area (Å²) in [5.41, 5.74) is 0.811. The van der Waals surface area contributed by atoms with Crippen molar-refractivity contribution in [2.24, 2.45) is 0 Å². The molecule has 4 heteroatoms. The lowest BCUT2D eigenvalue weighted by atomic mass is 9.98. The first-order valence-electron chi connectivity index (χ1n) is 5.88. The van der Waals surface area contributed by atoms with Gasteiger partial charge in [-0.2, -0.15) is 0 Å². The molecule has 0 saturated heterocycles.